The molecule has 15 heteroatoms. The minimum Gasteiger partial charge on any atom is -0.378 e. The SMILES string of the molecule is CCc1cc(N2CCN(C3COC3)CC2)ccc1Nc1ncc(C(F)(F)F)c(-c2cc3c(s2)C(=O)N(C)CCS3(=O)=O)n1. The van der Waals surface area contributed by atoms with Crippen LogP contribution in [-0.2, 0) is 27.2 Å². The standard InChI is InChI=1S/C28H31F3N6O4S2/c1-3-17-12-18(36-6-8-37(9-7-36)19-15-41-16-19)4-5-21(17)33-27-32-14-20(28(29,30)31)24(34-27)22-13-23-25(42-22)26(38)35(2)10-11-43(23,39)40/h4-5,12-14,19H,3,6-11,15-16H2,1-2H3,(H,32,33,34). The molecule has 1 N–H and O–H groups in total. The second-order valence-corrected chi connectivity index (χ2v) is 14.0. The van der Waals surface area contributed by atoms with Gasteiger partial charge >= 0.3 is 6.18 Å². The number of thiophene rings is 1. The van der Waals surface area contributed by atoms with Crippen LogP contribution >= 0.6 is 11.3 Å². The Morgan fingerprint density at radius 1 is 1.12 bits per heavy atom. The van der Waals surface area contributed by atoms with E-state index < -0.39 is 33.2 Å². The average Bonchev–Trinajstić information content (AvgIpc) is 3.39. The second-order valence-electron chi connectivity index (χ2n) is 10.8. The van der Waals surface area contributed by atoms with E-state index >= 15 is 0 Å². The zero-order valence-corrected chi connectivity index (χ0v) is 25.3. The summed E-state index contributed by atoms with van der Waals surface area (Å²) in [6.45, 7) is 7.24. The number of hydrogen-bond acceptors (Lipinski definition) is 10. The maximum atomic E-state index is 14.1. The summed E-state index contributed by atoms with van der Waals surface area (Å²) in [5.74, 6) is -0.946. The van der Waals surface area contributed by atoms with Gasteiger partial charge in [0.1, 0.15) is 10.4 Å². The van der Waals surface area contributed by atoms with Crippen molar-refractivity contribution in [3.63, 3.8) is 0 Å². The highest BCUT2D eigenvalue weighted by Gasteiger charge is 2.38. The Morgan fingerprint density at radius 2 is 1.86 bits per heavy atom. The molecule has 6 rings (SSSR count). The minimum absolute atomic E-state index is 0.00206. The molecule has 5 heterocycles. The number of ether oxygens (including phenoxy) is 1. The van der Waals surface area contributed by atoms with Gasteiger partial charge in [-0.15, -0.1) is 11.3 Å². The quantitative estimate of drug-likeness (QED) is 0.431. The number of halogens is 3. The molecule has 3 aliphatic heterocycles. The zero-order chi connectivity index (χ0) is 30.5. The maximum absolute atomic E-state index is 14.1. The van der Waals surface area contributed by atoms with Crippen LogP contribution in [0.25, 0.3) is 10.6 Å². The highest BCUT2D eigenvalue weighted by Crippen LogP contribution is 2.42. The van der Waals surface area contributed by atoms with Gasteiger partial charge in [-0.2, -0.15) is 13.2 Å². The van der Waals surface area contributed by atoms with Gasteiger partial charge in [0.25, 0.3) is 5.91 Å². The van der Waals surface area contributed by atoms with Gasteiger partial charge in [0.2, 0.25) is 5.95 Å². The molecule has 2 fully saturated rings. The number of fused-ring (bicyclic) bond motifs is 1. The topological polar surface area (TPSA) is 108 Å². The van der Waals surface area contributed by atoms with Gasteiger partial charge in [-0.05, 0) is 36.2 Å². The molecule has 2 aromatic heterocycles. The van der Waals surface area contributed by atoms with E-state index in [2.05, 4.69) is 31.2 Å². The van der Waals surface area contributed by atoms with Crippen molar-refractivity contribution in [3.05, 3.63) is 46.5 Å². The summed E-state index contributed by atoms with van der Waals surface area (Å²) in [5.41, 5.74) is 1.06. The lowest BCUT2D eigenvalue weighted by molar-refractivity contribution is -0.137. The highest BCUT2D eigenvalue weighted by atomic mass is 32.2. The van der Waals surface area contributed by atoms with E-state index in [1.165, 1.54) is 11.9 Å². The molecule has 1 aromatic carbocycles. The van der Waals surface area contributed by atoms with Crippen LogP contribution in [0.4, 0.5) is 30.5 Å². The van der Waals surface area contributed by atoms with Crippen molar-refractivity contribution in [1.29, 1.82) is 0 Å². The number of sulfone groups is 1. The van der Waals surface area contributed by atoms with E-state index in [1.54, 1.807) is 0 Å². The van der Waals surface area contributed by atoms with Crippen molar-refractivity contribution in [3.8, 4) is 10.6 Å². The number of piperazine rings is 1. The molecule has 0 saturated carbocycles. The number of nitrogens with one attached hydrogen (secondary N) is 1. The fraction of sp³-hybridized carbons (Fsp3) is 0.464. The molecule has 0 unspecified atom stereocenters. The summed E-state index contributed by atoms with van der Waals surface area (Å²) in [4.78, 5) is 26.5. The second kappa shape index (κ2) is 11.3. The molecule has 230 valence electrons. The molecule has 43 heavy (non-hydrogen) atoms. The van der Waals surface area contributed by atoms with Crippen LogP contribution in [0.3, 0.4) is 0 Å². The van der Waals surface area contributed by atoms with Crippen LogP contribution in [0, 0.1) is 0 Å². The molecule has 0 spiro atoms. The van der Waals surface area contributed by atoms with Gasteiger partial charge in [0, 0.05) is 57.3 Å². The van der Waals surface area contributed by atoms with Crippen LogP contribution in [0.2, 0.25) is 0 Å². The van der Waals surface area contributed by atoms with Gasteiger partial charge < -0.3 is 19.9 Å². The molecule has 3 aromatic rings. The molecule has 0 radical (unpaired) electrons. The van der Waals surface area contributed by atoms with E-state index in [0.29, 0.717) is 35.7 Å². The summed E-state index contributed by atoms with van der Waals surface area (Å²) in [6.07, 6.45) is -3.46. The lowest BCUT2D eigenvalue weighted by atomic mass is 10.1. The lowest BCUT2D eigenvalue weighted by Gasteiger charge is -2.43. The van der Waals surface area contributed by atoms with Gasteiger partial charge in [-0.3, -0.25) is 9.69 Å². The van der Waals surface area contributed by atoms with E-state index in [4.69, 9.17) is 4.74 Å². The molecular weight excluding hydrogens is 605 g/mol. The maximum Gasteiger partial charge on any atom is 0.420 e. The Balaban J connectivity index is 1.30. The van der Waals surface area contributed by atoms with E-state index in [0.717, 1.165) is 56.7 Å². The number of carbonyl (C=O) groups is 1. The number of amides is 1. The fourth-order valence-electron chi connectivity index (χ4n) is 5.44. The summed E-state index contributed by atoms with van der Waals surface area (Å²) >= 11 is 0.689. The van der Waals surface area contributed by atoms with Crippen LogP contribution < -0.4 is 10.2 Å². The van der Waals surface area contributed by atoms with Crippen molar-refractivity contribution in [2.24, 2.45) is 0 Å². The molecule has 0 bridgehead atoms. The number of anilines is 3. The molecule has 0 atom stereocenters. The van der Waals surface area contributed by atoms with E-state index in [-0.39, 0.29) is 32.9 Å². The number of hydrogen-bond donors (Lipinski definition) is 1. The van der Waals surface area contributed by atoms with Crippen LogP contribution in [0.15, 0.2) is 35.4 Å². The van der Waals surface area contributed by atoms with Crippen molar-refractivity contribution in [2.75, 3.05) is 69.0 Å². The van der Waals surface area contributed by atoms with Crippen molar-refractivity contribution >= 4 is 44.4 Å². The first-order valence-electron chi connectivity index (χ1n) is 14.0. The molecule has 3 aliphatic rings. The Hall–Kier alpha value is -3.27. The largest absolute Gasteiger partial charge is 0.420 e. The van der Waals surface area contributed by atoms with Crippen molar-refractivity contribution in [2.45, 2.75) is 30.5 Å². The van der Waals surface area contributed by atoms with Crippen LogP contribution in [0.5, 0.6) is 0 Å². The molecule has 1 amide bonds. The Labute approximate surface area is 251 Å². The van der Waals surface area contributed by atoms with Gasteiger partial charge in [0.05, 0.1) is 40.5 Å². The number of aromatic nitrogens is 2. The normalized spacial score (nSPS) is 19.6. The lowest BCUT2D eigenvalue weighted by Crippen LogP contribution is -2.56. The van der Waals surface area contributed by atoms with Crippen molar-refractivity contribution < 1.29 is 31.1 Å². The third-order valence-corrected chi connectivity index (χ3v) is 11.1. The number of nitrogens with zero attached hydrogens (tertiary/aromatic N) is 5. The third-order valence-electron chi connectivity index (χ3n) is 8.13. The fourth-order valence-corrected chi connectivity index (χ4v) is 8.47. The van der Waals surface area contributed by atoms with E-state index in [1.807, 2.05) is 19.1 Å². The summed E-state index contributed by atoms with van der Waals surface area (Å²) in [6, 6.07) is 7.54. The molecular formula is C28H31F3N6O4S2. The van der Waals surface area contributed by atoms with Gasteiger partial charge in [0.15, 0.2) is 9.84 Å². The highest BCUT2D eigenvalue weighted by molar-refractivity contribution is 7.91. The van der Waals surface area contributed by atoms with Gasteiger partial charge in [-0.1, -0.05) is 6.92 Å². The first-order valence-corrected chi connectivity index (χ1v) is 16.4. The summed E-state index contributed by atoms with van der Waals surface area (Å²) < 4.78 is 73.2. The molecule has 0 aliphatic carbocycles. The predicted molar refractivity (Wildman–Crippen MR) is 157 cm³/mol. The Bertz CT molecular complexity index is 1650. The average molecular weight is 637 g/mol. The van der Waals surface area contributed by atoms with Crippen LogP contribution in [0.1, 0.15) is 27.7 Å². The van der Waals surface area contributed by atoms with Crippen LogP contribution in [-0.4, -0.2) is 98.9 Å². The van der Waals surface area contributed by atoms with Crippen molar-refractivity contribution in [1.82, 2.24) is 19.8 Å². The Morgan fingerprint density at radius 3 is 2.51 bits per heavy atom. The summed E-state index contributed by atoms with van der Waals surface area (Å²) in [7, 11) is -2.41. The zero-order valence-electron chi connectivity index (χ0n) is 23.6. The van der Waals surface area contributed by atoms with Gasteiger partial charge in [-0.25, -0.2) is 18.4 Å². The number of rotatable bonds is 6. The first kappa shape index (κ1) is 29.8. The number of aryl methyl sites for hydroxylation is 1. The number of carbonyl (C=O) groups excluding carboxylic acids is 1. The predicted octanol–water partition coefficient (Wildman–Crippen LogP) is 3.91. The smallest absolute Gasteiger partial charge is 0.378 e. The summed E-state index contributed by atoms with van der Waals surface area (Å²) in [5, 5.41) is 3.06. The van der Waals surface area contributed by atoms with E-state index in [9.17, 15) is 26.4 Å². The minimum atomic E-state index is -4.80. The Kier molecular flexibility index (Phi) is 7.85. The first-order chi connectivity index (χ1) is 20.4. The third kappa shape index (κ3) is 5.82. The number of benzene rings is 1. The molecule has 10 nitrogen and oxygen atoms in total. The monoisotopic (exact) mass is 636 g/mol. The number of alkyl halides is 3. The molecule has 2 saturated heterocycles.